The Morgan fingerprint density at radius 2 is 2.27 bits per heavy atom. The van der Waals surface area contributed by atoms with Crippen LogP contribution >= 0.6 is 0 Å². The molecule has 2 rings (SSSR count). The van der Waals surface area contributed by atoms with Gasteiger partial charge in [-0.25, -0.2) is 4.79 Å². The molecule has 0 radical (unpaired) electrons. The van der Waals surface area contributed by atoms with Gasteiger partial charge in [0.05, 0.1) is 5.52 Å². The highest BCUT2D eigenvalue weighted by molar-refractivity contribution is 6.01. The lowest BCUT2D eigenvalue weighted by atomic mass is 10.1. The second-order valence-corrected chi connectivity index (χ2v) is 3.49. The van der Waals surface area contributed by atoms with Crippen LogP contribution in [0.5, 0.6) is 0 Å². The fourth-order valence-corrected chi connectivity index (χ4v) is 1.70. The van der Waals surface area contributed by atoms with Crippen molar-refractivity contribution in [1.29, 1.82) is 0 Å². The van der Waals surface area contributed by atoms with Crippen molar-refractivity contribution in [1.82, 2.24) is 9.78 Å². The highest BCUT2D eigenvalue weighted by Crippen LogP contribution is 2.19. The Morgan fingerprint density at radius 1 is 1.53 bits per heavy atom. The van der Waals surface area contributed by atoms with Crippen LogP contribution in [0.15, 0.2) is 18.2 Å². The zero-order valence-corrected chi connectivity index (χ0v) is 8.69. The highest BCUT2D eigenvalue weighted by Gasteiger charge is 2.16. The van der Waals surface area contributed by atoms with Gasteiger partial charge in [-0.1, -0.05) is 11.6 Å². The number of hydrogen-bond acceptors (Lipinski definition) is 2. The quantitative estimate of drug-likeness (QED) is 0.814. The molecule has 0 unspecified atom stereocenters. The Hall–Kier alpha value is -1.84. The van der Waals surface area contributed by atoms with Crippen LogP contribution in [0.25, 0.3) is 10.9 Å². The van der Waals surface area contributed by atoms with Gasteiger partial charge in [0.1, 0.15) is 0 Å². The van der Waals surface area contributed by atoms with E-state index in [1.165, 1.54) is 4.68 Å². The molecular formula is C11H12N2O2. The molecule has 0 aliphatic heterocycles. The van der Waals surface area contributed by atoms with E-state index in [2.05, 4.69) is 5.10 Å². The van der Waals surface area contributed by atoms with Gasteiger partial charge >= 0.3 is 5.97 Å². The number of fused-ring (bicyclic) bond motifs is 1. The summed E-state index contributed by atoms with van der Waals surface area (Å²) in [6, 6.07) is 5.64. The van der Waals surface area contributed by atoms with Gasteiger partial charge in [-0.3, -0.25) is 4.68 Å². The van der Waals surface area contributed by atoms with Gasteiger partial charge in [-0.15, -0.1) is 0 Å². The molecule has 0 aliphatic carbocycles. The normalized spacial score (nSPS) is 10.8. The summed E-state index contributed by atoms with van der Waals surface area (Å²) in [6.07, 6.45) is 0. The summed E-state index contributed by atoms with van der Waals surface area (Å²) in [5, 5.41) is 14.1. The number of nitrogens with zero attached hydrogens (tertiary/aromatic N) is 2. The number of rotatable bonds is 2. The Balaban J connectivity index is 2.82. The third-order valence-electron chi connectivity index (χ3n) is 2.40. The Kier molecular flexibility index (Phi) is 2.19. The summed E-state index contributed by atoms with van der Waals surface area (Å²) in [6.45, 7) is 4.38. The van der Waals surface area contributed by atoms with Crippen LogP contribution < -0.4 is 0 Å². The van der Waals surface area contributed by atoms with E-state index in [-0.39, 0.29) is 5.69 Å². The van der Waals surface area contributed by atoms with Crippen molar-refractivity contribution in [3.05, 3.63) is 29.5 Å². The molecule has 1 aromatic carbocycles. The third-order valence-corrected chi connectivity index (χ3v) is 2.40. The van der Waals surface area contributed by atoms with Crippen molar-refractivity contribution < 1.29 is 9.90 Å². The number of aromatic nitrogens is 2. The van der Waals surface area contributed by atoms with E-state index in [9.17, 15) is 4.79 Å². The topological polar surface area (TPSA) is 55.1 Å². The summed E-state index contributed by atoms with van der Waals surface area (Å²) in [4.78, 5) is 11.1. The molecule has 0 atom stereocenters. The second kappa shape index (κ2) is 3.38. The zero-order chi connectivity index (χ0) is 11.0. The van der Waals surface area contributed by atoms with Crippen molar-refractivity contribution >= 4 is 16.9 Å². The van der Waals surface area contributed by atoms with Crippen molar-refractivity contribution in [2.45, 2.75) is 20.4 Å². The lowest BCUT2D eigenvalue weighted by Crippen LogP contribution is -2.08. The van der Waals surface area contributed by atoms with Crippen LogP contribution in [-0.2, 0) is 6.54 Å². The van der Waals surface area contributed by atoms with Gasteiger partial charge in [0.15, 0.2) is 5.69 Å². The number of hydrogen-bond donors (Lipinski definition) is 1. The Labute approximate surface area is 87.1 Å². The van der Waals surface area contributed by atoms with Gasteiger partial charge in [0.2, 0.25) is 0 Å². The van der Waals surface area contributed by atoms with Crippen LogP contribution in [0.1, 0.15) is 23.0 Å². The minimum absolute atomic E-state index is 0.274. The van der Waals surface area contributed by atoms with E-state index in [0.29, 0.717) is 11.9 Å². The molecule has 15 heavy (non-hydrogen) atoms. The van der Waals surface area contributed by atoms with Crippen molar-refractivity contribution in [2.75, 3.05) is 0 Å². The van der Waals surface area contributed by atoms with Crippen LogP contribution in [0, 0.1) is 6.92 Å². The minimum Gasteiger partial charge on any atom is -0.477 e. The van der Waals surface area contributed by atoms with Crippen molar-refractivity contribution in [2.24, 2.45) is 0 Å². The molecule has 1 aromatic heterocycles. The minimum atomic E-state index is -0.926. The molecule has 1 heterocycles. The molecular weight excluding hydrogens is 192 g/mol. The summed E-state index contributed by atoms with van der Waals surface area (Å²) < 4.78 is 1.52. The lowest BCUT2D eigenvalue weighted by Gasteiger charge is -1.98. The molecule has 4 heteroatoms. The fourth-order valence-electron chi connectivity index (χ4n) is 1.70. The van der Waals surface area contributed by atoms with Gasteiger partial charge < -0.3 is 5.11 Å². The van der Waals surface area contributed by atoms with E-state index in [1.807, 2.05) is 32.0 Å². The SMILES string of the molecule is CCn1nc2ccc(C)cc2c1C(=O)O. The summed E-state index contributed by atoms with van der Waals surface area (Å²) in [5.41, 5.74) is 2.05. The van der Waals surface area contributed by atoms with E-state index < -0.39 is 5.97 Å². The monoisotopic (exact) mass is 204 g/mol. The predicted octanol–water partition coefficient (Wildman–Crippen LogP) is 2.06. The third kappa shape index (κ3) is 1.48. The highest BCUT2D eigenvalue weighted by atomic mass is 16.4. The molecule has 2 aromatic rings. The number of carboxylic acids is 1. The zero-order valence-electron chi connectivity index (χ0n) is 8.69. The average molecular weight is 204 g/mol. The maximum Gasteiger partial charge on any atom is 0.354 e. The molecule has 0 saturated carbocycles. The first-order chi connectivity index (χ1) is 7.13. The number of aromatic carboxylic acids is 1. The number of aryl methyl sites for hydroxylation is 2. The first-order valence-corrected chi connectivity index (χ1v) is 4.84. The van der Waals surface area contributed by atoms with Crippen molar-refractivity contribution in [3.8, 4) is 0 Å². The Bertz CT molecular complexity index is 529. The molecule has 1 N–H and O–H groups in total. The molecule has 0 amide bonds. The number of carboxylic acid groups (broad SMARTS) is 1. The Morgan fingerprint density at radius 3 is 2.87 bits per heavy atom. The number of carbonyl (C=O) groups is 1. The largest absolute Gasteiger partial charge is 0.477 e. The molecule has 0 spiro atoms. The first-order valence-electron chi connectivity index (χ1n) is 4.84. The molecule has 0 aliphatic rings. The van der Waals surface area contributed by atoms with Crippen LogP contribution in [0.3, 0.4) is 0 Å². The smallest absolute Gasteiger partial charge is 0.354 e. The molecule has 0 fully saturated rings. The summed E-state index contributed by atoms with van der Waals surface area (Å²) in [7, 11) is 0. The predicted molar refractivity (Wildman–Crippen MR) is 57.1 cm³/mol. The maximum atomic E-state index is 11.1. The molecule has 0 bridgehead atoms. The van der Waals surface area contributed by atoms with Crippen LogP contribution in [0.2, 0.25) is 0 Å². The summed E-state index contributed by atoms with van der Waals surface area (Å²) >= 11 is 0. The summed E-state index contributed by atoms with van der Waals surface area (Å²) in [5.74, 6) is -0.926. The lowest BCUT2D eigenvalue weighted by molar-refractivity contribution is 0.0685. The van der Waals surface area contributed by atoms with E-state index in [0.717, 1.165) is 11.1 Å². The van der Waals surface area contributed by atoms with Gasteiger partial charge in [-0.2, -0.15) is 5.10 Å². The van der Waals surface area contributed by atoms with Crippen LogP contribution in [0.4, 0.5) is 0 Å². The first kappa shape index (κ1) is 9.71. The van der Waals surface area contributed by atoms with E-state index >= 15 is 0 Å². The van der Waals surface area contributed by atoms with Gasteiger partial charge in [0, 0.05) is 11.9 Å². The van der Waals surface area contributed by atoms with Gasteiger partial charge in [-0.05, 0) is 26.0 Å². The second-order valence-electron chi connectivity index (χ2n) is 3.49. The maximum absolute atomic E-state index is 11.1. The van der Waals surface area contributed by atoms with E-state index in [1.54, 1.807) is 0 Å². The number of benzene rings is 1. The van der Waals surface area contributed by atoms with Gasteiger partial charge in [0.25, 0.3) is 0 Å². The van der Waals surface area contributed by atoms with Crippen molar-refractivity contribution in [3.63, 3.8) is 0 Å². The standard InChI is InChI=1S/C11H12N2O2/c1-3-13-10(11(14)15)8-6-7(2)4-5-9(8)12-13/h4-6H,3H2,1-2H3,(H,14,15). The fraction of sp³-hybridized carbons (Fsp3) is 0.273. The molecule has 0 saturated heterocycles. The van der Waals surface area contributed by atoms with E-state index in [4.69, 9.17) is 5.11 Å². The molecule has 4 nitrogen and oxygen atoms in total. The molecule has 78 valence electrons. The van der Waals surface area contributed by atoms with Crippen LogP contribution in [-0.4, -0.2) is 20.9 Å². The average Bonchev–Trinajstić information content (AvgIpc) is 2.55.